The van der Waals surface area contributed by atoms with Crippen molar-refractivity contribution in [2.24, 2.45) is 5.92 Å². The normalized spacial score (nSPS) is 15.2. The van der Waals surface area contributed by atoms with E-state index < -0.39 is 11.9 Å². The van der Waals surface area contributed by atoms with Gasteiger partial charge < -0.3 is 10.0 Å². The fourth-order valence-electron chi connectivity index (χ4n) is 2.66. The van der Waals surface area contributed by atoms with E-state index in [-0.39, 0.29) is 31.3 Å². The summed E-state index contributed by atoms with van der Waals surface area (Å²) in [6, 6.07) is -0.116. The molecule has 0 radical (unpaired) electrons. The number of imide groups is 1. The molecule has 0 spiro atoms. The summed E-state index contributed by atoms with van der Waals surface area (Å²) in [5.74, 6) is -0.979. The maximum Gasteiger partial charge on any atom is 0.324 e. The topological polar surface area (TPSA) is 86.7 Å². The Labute approximate surface area is 125 Å². The summed E-state index contributed by atoms with van der Waals surface area (Å²) in [7, 11) is 0. The fourth-order valence-corrected chi connectivity index (χ4v) is 2.66. The minimum atomic E-state index is -0.929. The molecule has 1 rings (SSSR count). The Kier molecular flexibility index (Phi) is 7.19. The van der Waals surface area contributed by atoms with Crippen LogP contribution in [0.3, 0.4) is 0 Å². The highest BCUT2D eigenvalue weighted by Gasteiger charge is 2.27. The Morgan fingerprint density at radius 3 is 2.33 bits per heavy atom. The highest BCUT2D eigenvalue weighted by atomic mass is 16.4. The number of urea groups is 1. The molecule has 0 unspecified atom stereocenters. The van der Waals surface area contributed by atoms with Crippen LogP contribution >= 0.6 is 0 Å². The molecule has 0 aliphatic heterocycles. The molecule has 120 valence electrons. The van der Waals surface area contributed by atoms with Crippen LogP contribution in [0.25, 0.3) is 0 Å². The van der Waals surface area contributed by atoms with Crippen LogP contribution in [-0.4, -0.2) is 40.5 Å². The van der Waals surface area contributed by atoms with Crippen molar-refractivity contribution in [2.75, 3.05) is 6.54 Å². The lowest BCUT2D eigenvalue weighted by molar-refractivity contribution is -0.137. The number of hydrogen-bond acceptors (Lipinski definition) is 3. The molecular formula is C15H26N2O4. The summed E-state index contributed by atoms with van der Waals surface area (Å²) in [4.78, 5) is 36.1. The average Bonchev–Trinajstić information content (AvgIpc) is 2.88. The predicted molar refractivity (Wildman–Crippen MR) is 78.8 cm³/mol. The van der Waals surface area contributed by atoms with Crippen LogP contribution in [-0.2, 0) is 9.59 Å². The van der Waals surface area contributed by atoms with Gasteiger partial charge in [-0.15, -0.1) is 0 Å². The second-order valence-electron chi connectivity index (χ2n) is 6.09. The molecule has 0 heterocycles. The van der Waals surface area contributed by atoms with E-state index >= 15 is 0 Å². The lowest BCUT2D eigenvalue weighted by atomic mass is 10.1. The molecule has 0 saturated heterocycles. The van der Waals surface area contributed by atoms with Crippen molar-refractivity contribution >= 4 is 17.9 Å². The first kappa shape index (κ1) is 17.5. The van der Waals surface area contributed by atoms with Gasteiger partial charge in [0.1, 0.15) is 0 Å². The predicted octanol–water partition coefficient (Wildman–Crippen LogP) is 2.38. The summed E-state index contributed by atoms with van der Waals surface area (Å²) in [6.07, 6.45) is 4.50. The van der Waals surface area contributed by atoms with Crippen LogP contribution in [0.15, 0.2) is 0 Å². The zero-order chi connectivity index (χ0) is 15.8. The van der Waals surface area contributed by atoms with E-state index in [0.29, 0.717) is 12.5 Å². The van der Waals surface area contributed by atoms with Gasteiger partial charge in [-0.2, -0.15) is 0 Å². The Morgan fingerprint density at radius 2 is 1.81 bits per heavy atom. The Morgan fingerprint density at radius 1 is 1.19 bits per heavy atom. The van der Waals surface area contributed by atoms with Gasteiger partial charge in [0.2, 0.25) is 5.91 Å². The number of hydrogen-bond donors (Lipinski definition) is 2. The van der Waals surface area contributed by atoms with E-state index in [1.165, 1.54) is 0 Å². The summed E-state index contributed by atoms with van der Waals surface area (Å²) in [5, 5.41) is 10.9. The van der Waals surface area contributed by atoms with Crippen LogP contribution in [0.1, 0.15) is 58.8 Å². The largest absolute Gasteiger partial charge is 0.481 e. The van der Waals surface area contributed by atoms with E-state index in [1.807, 2.05) is 13.8 Å². The summed E-state index contributed by atoms with van der Waals surface area (Å²) in [6.45, 7) is 4.73. The standard InChI is InChI=1S/C15H26N2O4/c1-11(2)10-17(12-6-3-4-7-12)15(21)16-13(18)8-5-9-14(19)20/h11-12H,3-10H2,1-2H3,(H,19,20)(H,16,18,21). The highest BCUT2D eigenvalue weighted by Crippen LogP contribution is 2.24. The molecule has 0 aromatic rings. The number of amides is 3. The molecule has 21 heavy (non-hydrogen) atoms. The third kappa shape index (κ3) is 6.60. The quantitative estimate of drug-likeness (QED) is 0.755. The SMILES string of the molecule is CC(C)CN(C(=O)NC(=O)CCCC(=O)O)C1CCCC1. The molecule has 6 heteroatoms. The van der Waals surface area contributed by atoms with E-state index in [4.69, 9.17) is 5.11 Å². The molecule has 1 aliphatic carbocycles. The molecule has 6 nitrogen and oxygen atoms in total. The van der Waals surface area contributed by atoms with Crippen molar-refractivity contribution in [1.29, 1.82) is 0 Å². The van der Waals surface area contributed by atoms with E-state index in [2.05, 4.69) is 5.32 Å². The first-order valence-corrected chi connectivity index (χ1v) is 7.72. The average molecular weight is 298 g/mol. The number of carbonyl (C=O) groups excluding carboxylic acids is 2. The number of carbonyl (C=O) groups is 3. The second-order valence-corrected chi connectivity index (χ2v) is 6.09. The maximum absolute atomic E-state index is 12.3. The Bertz CT molecular complexity index is 376. The Balaban J connectivity index is 2.47. The fraction of sp³-hybridized carbons (Fsp3) is 0.800. The van der Waals surface area contributed by atoms with Gasteiger partial charge in [-0.05, 0) is 25.2 Å². The first-order valence-electron chi connectivity index (χ1n) is 7.72. The minimum absolute atomic E-state index is 0.0556. The zero-order valence-electron chi connectivity index (χ0n) is 12.9. The van der Waals surface area contributed by atoms with E-state index in [0.717, 1.165) is 25.7 Å². The Hall–Kier alpha value is -1.59. The lowest BCUT2D eigenvalue weighted by Gasteiger charge is -2.30. The van der Waals surface area contributed by atoms with Crippen molar-refractivity contribution in [1.82, 2.24) is 10.2 Å². The smallest absolute Gasteiger partial charge is 0.324 e. The van der Waals surface area contributed by atoms with Crippen molar-refractivity contribution in [2.45, 2.75) is 64.8 Å². The van der Waals surface area contributed by atoms with Crippen LogP contribution in [0, 0.1) is 5.92 Å². The number of nitrogens with zero attached hydrogens (tertiary/aromatic N) is 1. The molecule has 1 aliphatic rings. The van der Waals surface area contributed by atoms with Gasteiger partial charge >= 0.3 is 12.0 Å². The molecule has 1 saturated carbocycles. The summed E-state index contributed by atoms with van der Waals surface area (Å²) < 4.78 is 0. The van der Waals surface area contributed by atoms with E-state index in [1.54, 1.807) is 4.90 Å². The molecule has 0 aromatic carbocycles. The van der Waals surface area contributed by atoms with Crippen LogP contribution in [0.2, 0.25) is 0 Å². The van der Waals surface area contributed by atoms with E-state index in [9.17, 15) is 14.4 Å². The van der Waals surface area contributed by atoms with Gasteiger partial charge in [0.05, 0.1) is 0 Å². The third-order valence-corrected chi connectivity index (χ3v) is 3.63. The number of carboxylic acids is 1. The molecule has 0 aromatic heterocycles. The van der Waals surface area contributed by atoms with Crippen LogP contribution in [0.4, 0.5) is 4.79 Å². The van der Waals surface area contributed by atoms with Gasteiger partial charge in [-0.3, -0.25) is 14.9 Å². The van der Waals surface area contributed by atoms with Gasteiger partial charge in [0, 0.05) is 25.4 Å². The summed E-state index contributed by atoms with van der Waals surface area (Å²) >= 11 is 0. The monoisotopic (exact) mass is 298 g/mol. The van der Waals surface area contributed by atoms with Gasteiger partial charge in [-0.1, -0.05) is 26.7 Å². The van der Waals surface area contributed by atoms with Crippen LogP contribution < -0.4 is 5.32 Å². The van der Waals surface area contributed by atoms with Crippen molar-refractivity contribution in [3.05, 3.63) is 0 Å². The lowest BCUT2D eigenvalue weighted by Crippen LogP contribution is -2.48. The second kappa shape index (κ2) is 8.64. The number of aliphatic carboxylic acids is 1. The maximum atomic E-state index is 12.3. The van der Waals surface area contributed by atoms with Crippen molar-refractivity contribution in [3.63, 3.8) is 0 Å². The minimum Gasteiger partial charge on any atom is -0.481 e. The molecule has 3 amide bonds. The molecule has 0 atom stereocenters. The first-order chi connectivity index (χ1) is 9.90. The molecule has 2 N–H and O–H groups in total. The van der Waals surface area contributed by atoms with Gasteiger partial charge in [-0.25, -0.2) is 4.79 Å². The number of nitrogens with one attached hydrogen (secondary N) is 1. The van der Waals surface area contributed by atoms with Crippen molar-refractivity contribution < 1.29 is 19.5 Å². The molecule has 1 fully saturated rings. The molecule has 0 bridgehead atoms. The van der Waals surface area contributed by atoms with Crippen LogP contribution in [0.5, 0.6) is 0 Å². The third-order valence-electron chi connectivity index (χ3n) is 3.63. The highest BCUT2D eigenvalue weighted by molar-refractivity contribution is 5.94. The zero-order valence-corrected chi connectivity index (χ0v) is 12.9. The van der Waals surface area contributed by atoms with Gasteiger partial charge in [0.25, 0.3) is 0 Å². The molecular weight excluding hydrogens is 272 g/mol. The van der Waals surface area contributed by atoms with Crippen molar-refractivity contribution in [3.8, 4) is 0 Å². The number of rotatable bonds is 7. The number of carboxylic acid groups (broad SMARTS) is 1. The summed E-state index contributed by atoms with van der Waals surface area (Å²) in [5.41, 5.74) is 0. The van der Waals surface area contributed by atoms with Gasteiger partial charge in [0.15, 0.2) is 0 Å².